The number of hydrogen-bond acceptors (Lipinski definition) is 4. The minimum absolute atomic E-state index is 0. The summed E-state index contributed by atoms with van der Waals surface area (Å²) >= 11 is 0. The second-order valence-electron chi connectivity index (χ2n) is 0.600. The van der Waals surface area contributed by atoms with Crippen LogP contribution in [0.5, 0.6) is 0 Å². The molecule has 44 valence electrons. The summed E-state index contributed by atoms with van der Waals surface area (Å²) in [5.41, 5.74) is 0. The molecule has 0 rings (SSSR count). The van der Waals surface area contributed by atoms with Crippen molar-refractivity contribution in [3.05, 3.63) is 0 Å². The summed E-state index contributed by atoms with van der Waals surface area (Å²) in [5, 5.41) is 0. The average Bonchev–Trinajstić information content (AvgIpc) is 0.722. The molecule has 0 bridgehead atoms. The maximum absolute atomic E-state index is 7.33. The van der Waals surface area contributed by atoms with Crippen molar-refractivity contribution in [1.82, 2.24) is 0 Å². The summed E-state index contributed by atoms with van der Waals surface area (Å²) in [6.07, 6.45) is 0. The fourth-order valence-corrected chi connectivity index (χ4v) is 0. The molecule has 0 unspecified atom stereocenters. The van der Waals surface area contributed by atoms with Crippen LogP contribution in [0.4, 0.5) is 0 Å². The molecule has 0 spiro atoms. The van der Waals surface area contributed by atoms with Gasteiger partial charge >= 0.3 is 9.05 Å². The van der Waals surface area contributed by atoms with Gasteiger partial charge in [-0.2, -0.15) is 0 Å². The van der Waals surface area contributed by atoms with Gasteiger partial charge < -0.3 is 19.2 Å². The summed E-state index contributed by atoms with van der Waals surface area (Å²) in [4.78, 5) is 29.3. The third-order valence-corrected chi connectivity index (χ3v) is 0. The van der Waals surface area contributed by atoms with E-state index >= 15 is 0 Å². The number of halogens is 1. The first-order chi connectivity index (χ1) is 2.00. The van der Waals surface area contributed by atoms with Crippen LogP contribution in [0.25, 0.3) is 0 Å². The Hall–Kier alpha value is 1.23. The van der Waals surface area contributed by atoms with E-state index in [1.165, 1.54) is 0 Å². The van der Waals surface area contributed by atoms with Gasteiger partial charge in [0.15, 0.2) is 0 Å². The minimum Gasteiger partial charge on any atom is -0.368 e. The van der Waals surface area contributed by atoms with Crippen molar-refractivity contribution < 1.29 is 45.4 Å². The zero-order valence-electron chi connectivity index (χ0n) is 3.20. The van der Waals surface area contributed by atoms with Crippen LogP contribution < -0.4 is 0 Å². The molecule has 7 heteroatoms. The average molecular weight is 224 g/mol. The molecule has 0 aliphatic rings. The quantitative estimate of drug-likeness (QED) is 0.352. The van der Waals surface area contributed by atoms with Crippen molar-refractivity contribution in [3.63, 3.8) is 0 Å². The van der Waals surface area contributed by atoms with Gasteiger partial charge in [-0.1, -0.05) is 0 Å². The van der Waals surface area contributed by atoms with Gasteiger partial charge in [0.2, 0.25) is 0 Å². The fourth-order valence-electron chi connectivity index (χ4n) is 0. The van der Waals surface area contributed by atoms with Crippen LogP contribution in [0.2, 0.25) is 0 Å². The summed E-state index contributed by atoms with van der Waals surface area (Å²) in [7, 11) is -4.61. The zero-order valence-corrected chi connectivity index (χ0v) is 7.47. The monoisotopic (exact) mass is 222 g/mol. The Morgan fingerprint density at radius 3 is 0.857 bits per heavy atom. The Balaban J connectivity index is -0.0000000800. The van der Waals surface area contributed by atoms with Crippen molar-refractivity contribution in [1.29, 1.82) is 0 Å². The van der Waals surface area contributed by atoms with Gasteiger partial charge in [0.25, 0.3) is 0 Å². The van der Waals surface area contributed by atoms with E-state index in [0.717, 1.165) is 0 Å². The topological polar surface area (TPSA) is 80.9 Å². The van der Waals surface area contributed by atoms with Gasteiger partial charge in [0.05, 0.1) is 0 Å². The smallest absolute Gasteiger partial charge is 0.368 e. The third kappa shape index (κ3) is 131. The Bertz CT molecular complexity index is 27.2. The molecule has 4 nitrogen and oxygen atoms in total. The van der Waals surface area contributed by atoms with E-state index in [9.17, 15) is 0 Å². The molecule has 0 atom stereocenters. The summed E-state index contributed by atoms with van der Waals surface area (Å²) in [6.45, 7) is 0. The fraction of sp³-hybridized carbons (Fsp3) is 0. The first-order valence-corrected chi connectivity index (χ1v) is 2.68. The standard InChI is InChI=1S/ClH.H4O4Si.Zr/c;1-5(2,3)4;/h1H;1-4H;. The molecule has 0 aliphatic heterocycles. The second kappa shape index (κ2) is 5.37. The number of rotatable bonds is 0. The van der Waals surface area contributed by atoms with E-state index in [0.29, 0.717) is 0 Å². The molecule has 7 heavy (non-hydrogen) atoms. The third-order valence-electron chi connectivity index (χ3n) is 0. The normalized spacial score (nSPS) is 8.57. The second-order valence-corrected chi connectivity index (χ2v) is 1.80. The van der Waals surface area contributed by atoms with Crippen LogP contribution >= 0.6 is 12.4 Å². The van der Waals surface area contributed by atoms with Crippen molar-refractivity contribution in [2.24, 2.45) is 0 Å². The SMILES string of the molecule is Cl.O[Si](O)(O)O.[Zr]. The van der Waals surface area contributed by atoms with E-state index in [1.807, 2.05) is 0 Å². The Morgan fingerprint density at radius 1 is 0.857 bits per heavy atom. The van der Waals surface area contributed by atoms with Crippen molar-refractivity contribution in [2.45, 2.75) is 0 Å². The predicted molar refractivity (Wildman–Crippen MR) is 21.9 cm³/mol. The van der Waals surface area contributed by atoms with E-state index in [1.54, 1.807) is 0 Å². The van der Waals surface area contributed by atoms with Crippen LogP contribution in [0.3, 0.4) is 0 Å². The Labute approximate surface area is 66.8 Å². The molecule has 0 aromatic heterocycles. The molecular weight excluding hydrogens is 219 g/mol. The molecule has 4 N–H and O–H groups in total. The van der Waals surface area contributed by atoms with Crippen LogP contribution in [0.15, 0.2) is 0 Å². The van der Waals surface area contributed by atoms with Crippen molar-refractivity contribution in [3.8, 4) is 0 Å². The molecule has 0 saturated heterocycles. The van der Waals surface area contributed by atoms with Gasteiger partial charge in [0.1, 0.15) is 0 Å². The molecule has 0 aromatic carbocycles. The maximum atomic E-state index is 7.33. The Kier molecular flexibility index (Phi) is 12.1. The maximum Gasteiger partial charge on any atom is 0.668 e. The largest absolute Gasteiger partial charge is 0.668 e. The van der Waals surface area contributed by atoms with E-state index in [4.69, 9.17) is 19.2 Å². The zero-order chi connectivity index (χ0) is 4.50. The molecule has 0 amide bonds. The van der Waals surface area contributed by atoms with E-state index < -0.39 is 9.05 Å². The number of hydrogen-bond donors (Lipinski definition) is 4. The van der Waals surface area contributed by atoms with E-state index in [2.05, 4.69) is 0 Å². The first kappa shape index (κ1) is 15.7. The van der Waals surface area contributed by atoms with Crippen LogP contribution in [-0.2, 0) is 26.2 Å². The van der Waals surface area contributed by atoms with Gasteiger partial charge in [-0.3, -0.25) is 0 Å². The Morgan fingerprint density at radius 2 is 0.857 bits per heavy atom. The molecule has 0 heterocycles. The predicted octanol–water partition coefficient (Wildman–Crippen LogP) is -2.19. The molecule has 0 aliphatic carbocycles. The van der Waals surface area contributed by atoms with Crippen molar-refractivity contribution >= 4 is 21.5 Å². The van der Waals surface area contributed by atoms with Crippen LogP contribution in [0.1, 0.15) is 0 Å². The van der Waals surface area contributed by atoms with Crippen molar-refractivity contribution in [2.75, 3.05) is 0 Å². The molecule has 0 radical (unpaired) electrons. The molecule has 0 saturated carbocycles. The van der Waals surface area contributed by atoms with Gasteiger partial charge in [0, 0.05) is 26.2 Å². The van der Waals surface area contributed by atoms with Crippen LogP contribution in [0, 0.1) is 0 Å². The van der Waals surface area contributed by atoms with Gasteiger partial charge in [-0.25, -0.2) is 0 Å². The first-order valence-electron chi connectivity index (χ1n) is 0.894. The summed E-state index contributed by atoms with van der Waals surface area (Å²) < 4.78 is 0. The molecule has 0 fully saturated rings. The molecule has 0 aromatic rings. The minimum atomic E-state index is -4.61. The van der Waals surface area contributed by atoms with Gasteiger partial charge in [-0.05, 0) is 0 Å². The van der Waals surface area contributed by atoms with E-state index in [-0.39, 0.29) is 38.6 Å². The summed E-state index contributed by atoms with van der Waals surface area (Å²) in [6, 6.07) is 0. The summed E-state index contributed by atoms with van der Waals surface area (Å²) in [5.74, 6) is 0. The van der Waals surface area contributed by atoms with Crippen LogP contribution in [-0.4, -0.2) is 28.2 Å². The van der Waals surface area contributed by atoms with Gasteiger partial charge in [-0.15, -0.1) is 12.4 Å². The molecular formula is H5ClO4SiZr.